The van der Waals surface area contributed by atoms with E-state index < -0.39 is 5.60 Å². The molecule has 37 heavy (non-hydrogen) atoms. The van der Waals surface area contributed by atoms with Crippen LogP contribution in [0, 0.1) is 6.92 Å². The van der Waals surface area contributed by atoms with Crippen molar-refractivity contribution >= 4 is 17.6 Å². The third-order valence-corrected chi connectivity index (χ3v) is 5.94. The topological polar surface area (TPSA) is 81.8 Å². The van der Waals surface area contributed by atoms with E-state index >= 15 is 0 Å². The van der Waals surface area contributed by atoms with Crippen molar-refractivity contribution in [3.63, 3.8) is 0 Å². The fourth-order valence-electron chi connectivity index (χ4n) is 4.21. The number of esters is 1. The summed E-state index contributed by atoms with van der Waals surface area (Å²) >= 11 is 0. The number of nitrogens with zero attached hydrogens (tertiary/aromatic N) is 5. The number of benzene rings is 3. The van der Waals surface area contributed by atoms with Gasteiger partial charge < -0.3 is 9.47 Å². The quantitative estimate of drug-likeness (QED) is 0.349. The molecule has 8 heteroatoms. The van der Waals surface area contributed by atoms with Gasteiger partial charge in [-0.1, -0.05) is 42.5 Å². The number of rotatable bonds is 5. The Morgan fingerprint density at radius 2 is 1.62 bits per heavy atom. The molecule has 0 unspecified atom stereocenters. The Morgan fingerprint density at radius 3 is 2.30 bits per heavy atom. The number of fused-ring (bicyclic) bond motifs is 3. The van der Waals surface area contributed by atoms with Crippen molar-refractivity contribution in [1.29, 1.82) is 0 Å². The fourth-order valence-corrected chi connectivity index (χ4v) is 4.21. The minimum atomic E-state index is -0.561. The molecule has 0 saturated heterocycles. The van der Waals surface area contributed by atoms with Crippen molar-refractivity contribution in [2.45, 2.75) is 39.8 Å². The lowest BCUT2D eigenvalue weighted by molar-refractivity contribution is 0.00695. The van der Waals surface area contributed by atoms with Crippen LogP contribution >= 0.6 is 0 Å². The first-order valence-corrected chi connectivity index (χ1v) is 12.1. The van der Waals surface area contributed by atoms with E-state index in [0.717, 1.165) is 39.7 Å². The Labute approximate surface area is 216 Å². The zero-order valence-electron chi connectivity index (χ0n) is 21.6. The Bertz CT molecular complexity index is 1460. The highest BCUT2D eigenvalue weighted by molar-refractivity contribution is 6.16. The molecule has 0 saturated carbocycles. The maximum Gasteiger partial charge on any atom is 0.338 e. The molecule has 0 spiro atoms. The minimum Gasteiger partial charge on any atom is -0.497 e. The SMILES string of the molecule is COc1ccc(CN2N=C(c3ccc(C(=O)OC(C)(C)C)cc3)c3ccccc3-n3c(C)nnc32)cc1. The van der Waals surface area contributed by atoms with Gasteiger partial charge in [0.2, 0.25) is 0 Å². The molecule has 1 aliphatic rings. The molecular weight excluding hydrogens is 466 g/mol. The number of anilines is 1. The van der Waals surface area contributed by atoms with Crippen molar-refractivity contribution in [2.75, 3.05) is 12.1 Å². The zero-order valence-corrected chi connectivity index (χ0v) is 21.6. The van der Waals surface area contributed by atoms with E-state index in [2.05, 4.69) is 10.2 Å². The van der Waals surface area contributed by atoms with Crippen LogP contribution < -0.4 is 9.75 Å². The first-order chi connectivity index (χ1) is 17.7. The number of carbonyl (C=O) groups excluding carboxylic acids is 1. The van der Waals surface area contributed by atoms with Gasteiger partial charge in [-0.3, -0.25) is 4.57 Å². The van der Waals surface area contributed by atoms with Gasteiger partial charge in [-0.2, -0.15) is 5.10 Å². The van der Waals surface area contributed by atoms with E-state index in [1.54, 1.807) is 19.2 Å². The van der Waals surface area contributed by atoms with Gasteiger partial charge in [0.15, 0.2) is 0 Å². The number of hydrogen-bond acceptors (Lipinski definition) is 7. The number of hydrazone groups is 1. The predicted molar refractivity (Wildman–Crippen MR) is 143 cm³/mol. The third kappa shape index (κ3) is 4.95. The zero-order chi connectivity index (χ0) is 26.2. The van der Waals surface area contributed by atoms with Crippen molar-refractivity contribution in [1.82, 2.24) is 14.8 Å². The highest BCUT2D eigenvalue weighted by atomic mass is 16.6. The number of para-hydroxylation sites is 1. The van der Waals surface area contributed by atoms with E-state index in [1.807, 2.05) is 97.9 Å². The molecule has 4 aromatic rings. The van der Waals surface area contributed by atoms with E-state index in [0.29, 0.717) is 18.1 Å². The molecule has 0 amide bonds. The van der Waals surface area contributed by atoms with Crippen LogP contribution in [-0.2, 0) is 11.3 Å². The Kier molecular flexibility index (Phi) is 6.25. The smallest absolute Gasteiger partial charge is 0.338 e. The molecule has 0 aliphatic carbocycles. The van der Waals surface area contributed by atoms with Crippen LogP contribution in [0.5, 0.6) is 5.75 Å². The average Bonchev–Trinajstić information content (AvgIpc) is 3.20. The first kappa shape index (κ1) is 24.2. The van der Waals surface area contributed by atoms with Crippen molar-refractivity contribution in [3.8, 4) is 11.4 Å². The minimum absolute atomic E-state index is 0.356. The van der Waals surface area contributed by atoms with Crippen LogP contribution in [-0.4, -0.2) is 39.2 Å². The number of methoxy groups -OCH3 is 1. The number of ether oxygens (including phenoxy) is 2. The number of aryl methyl sites for hydroxylation is 1. The third-order valence-electron chi connectivity index (χ3n) is 5.94. The van der Waals surface area contributed by atoms with Gasteiger partial charge >= 0.3 is 5.97 Å². The molecule has 0 radical (unpaired) electrons. The molecule has 1 aromatic heterocycles. The first-order valence-electron chi connectivity index (χ1n) is 12.1. The molecular formula is C29H29N5O3. The molecule has 3 aromatic carbocycles. The largest absolute Gasteiger partial charge is 0.497 e. The number of carbonyl (C=O) groups is 1. The van der Waals surface area contributed by atoms with Crippen LogP contribution in [0.2, 0.25) is 0 Å². The second-order valence-corrected chi connectivity index (χ2v) is 9.83. The van der Waals surface area contributed by atoms with Gasteiger partial charge in [0.25, 0.3) is 5.95 Å². The molecule has 0 N–H and O–H groups in total. The predicted octanol–water partition coefficient (Wildman–Crippen LogP) is 5.31. The Morgan fingerprint density at radius 1 is 0.919 bits per heavy atom. The standard InChI is InChI=1S/C29H29N5O3/c1-19-30-31-28-33(18-20-10-16-23(36-5)17-11-20)32-26(24-8-6-7-9-25(24)34(19)28)21-12-14-22(15-13-21)27(35)37-29(2,3)4/h6-17H,18H2,1-5H3. The summed E-state index contributed by atoms with van der Waals surface area (Å²) in [4.78, 5) is 12.6. The van der Waals surface area contributed by atoms with Gasteiger partial charge in [-0.05, 0) is 63.6 Å². The van der Waals surface area contributed by atoms with Crippen molar-refractivity contribution in [3.05, 3.63) is 101 Å². The second-order valence-electron chi connectivity index (χ2n) is 9.83. The maximum atomic E-state index is 12.6. The highest BCUT2D eigenvalue weighted by Crippen LogP contribution is 2.31. The molecule has 2 heterocycles. The summed E-state index contributed by atoms with van der Waals surface area (Å²) in [5.74, 6) is 1.82. The van der Waals surface area contributed by atoms with Crippen molar-refractivity contribution < 1.29 is 14.3 Å². The van der Waals surface area contributed by atoms with Crippen LogP contribution in [0.1, 0.15) is 53.6 Å². The fraction of sp³-hybridized carbons (Fsp3) is 0.241. The monoisotopic (exact) mass is 495 g/mol. The summed E-state index contributed by atoms with van der Waals surface area (Å²) in [6.07, 6.45) is 0. The maximum absolute atomic E-state index is 12.6. The van der Waals surface area contributed by atoms with Gasteiger partial charge in [0.1, 0.15) is 22.9 Å². The van der Waals surface area contributed by atoms with Crippen LogP contribution in [0.4, 0.5) is 5.95 Å². The summed E-state index contributed by atoms with van der Waals surface area (Å²) in [7, 11) is 1.65. The summed E-state index contributed by atoms with van der Waals surface area (Å²) in [6.45, 7) is 7.98. The van der Waals surface area contributed by atoms with Gasteiger partial charge in [-0.25, -0.2) is 9.80 Å². The van der Waals surface area contributed by atoms with Crippen LogP contribution in [0.25, 0.3) is 5.69 Å². The molecule has 188 valence electrons. The highest BCUT2D eigenvalue weighted by Gasteiger charge is 2.27. The van der Waals surface area contributed by atoms with Gasteiger partial charge in [0.05, 0.1) is 24.9 Å². The summed E-state index contributed by atoms with van der Waals surface area (Å²) in [6, 6.07) is 23.3. The number of aromatic nitrogens is 3. The normalized spacial score (nSPS) is 12.8. The van der Waals surface area contributed by atoms with E-state index in [9.17, 15) is 4.79 Å². The van der Waals surface area contributed by atoms with Gasteiger partial charge in [-0.15, -0.1) is 10.2 Å². The molecule has 0 atom stereocenters. The van der Waals surface area contributed by atoms with Crippen molar-refractivity contribution in [2.24, 2.45) is 5.10 Å². The lowest BCUT2D eigenvalue weighted by atomic mass is 9.99. The van der Waals surface area contributed by atoms with E-state index in [4.69, 9.17) is 14.6 Å². The molecule has 8 nitrogen and oxygen atoms in total. The molecule has 0 bridgehead atoms. The molecule has 1 aliphatic heterocycles. The average molecular weight is 496 g/mol. The summed E-state index contributed by atoms with van der Waals surface area (Å²) in [5.41, 5.74) is 4.49. The van der Waals surface area contributed by atoms with Gasteiger partial charge in [0, 0.05) is 11.1 Å². The summed E-state index contributed by atoms with van der Waals surface area (Å²) < 4.78 is 12.9. The second kappa shape index (κ2) is 9.54. The lowest BCUT2D eigenvalue weighted by Crippen LogP contribution is -2.24. The lowest BCUT2D eigenvalue weighted by Gasteiger charge is -2.19. The van der Waals surface area contributed by atoms with E-state index in [1.165, 1.54) is 0 Å². The van der Waals surface area contributed by atoms with Crippen LogP contribution in [0.15, 0.2) is 77.9 Å². The van der Waals surface area contributed by atoms with Crippen LogP contribution in [0.3, 0.4) is 0 Å². The molecule has 5 rings (SSSR count). The Hall–Kier alpha value is -4.46. The summed E-state index contributed by atoms with van der Waals surface area (Å²) in [5, 5.41) is 15.8. The Balaban J connectivity index is 1.59. The molecule has 0 fully saturated rings. The van der Waals surface area contributed by atoms with E-state index in [-0.39, 0.29) is 5.97 Å². The number of hydrogen-bond donors (Lipinski definition) is 0.